The number of rotatable bonds is 3. The number of pyridine rings is 2. The zero-order valence-electron chi connectivity index (χ0n) is 17.2. The Balaban J connectivity index is 0.000000171. The van der Waals surface area contributed by atoms with Gasteiger partial charge in [0.15, 0.2) is 0 Å². The quantitative estimate of drug-likeness (QED) is 0.640. The van der Waals surface area contributed by atoms with E-state index < -0.39 is 0 Å². The van der Waals surface area contributed by atoms with Crippen molar-refractivity contribution in [3.63, 3.8) is 0 Å². The van der Waals surface area contributed by atoms with Crippen molar-refractivity contribution in [3.8, 4) is 11.6 Å². The SMILES string of the molecule is C1CNCCN1.COc1cccc(N2CCNCC2)n1.COc1ccnc(Cl)c1. The molecule has 2 aromatic heterocycles. The number of ether oxygens (including phenoxy) is 2. The van der Waals surface area contributed by atoms with Gasteiger partial charge in [0.25, 0.3) is 0 Å². The third kappa shape index (κ3) is 9.27. The zero-order chi connectivity index (χ0) is 20.7. The third-order valence-corrected chi connectivity index (χ3v) is 4.46. The van der Waals surface area contributed by atoms with E-state index in [0.29, 0.717) is 11.0 Å². The molecule has 2 aromatic rings. The van der Waals surface area contributed by atoms with Crippen LogP contribution in [0, 0.1) is 0 Å². The number of nitrogens with zero attached hydrogens (tertiary/aromatic N) is 3. The molecule has 29 heavy (non-hydrogen) atoms. The molecule has 2 fully saturated rings. The van der Waals surface area contributed by atoms with E-state index >= 15 is 0 Å². The molecule has 0 aliphatic carbocycles. The zero-order valence-corrected chi connectivity index (χ0v) is 17.9. The molecule has 4 heterocycles. The summed E-state index contributed by atoms with van der Waals surface area (Å²) in [6, 6.07) is 9.26. The smallest absolute Gasteiger partial charge is 0.214 e. The molecule has 0 spiro atoms. The lowest BCUT2D eigenvalue weighted by Gasteiger charge is -2.28. The van der Waals surface area contributed by atoms with Crippen LogP contribution in [-0.2, 0) is 0 Å². The van der Waals surface area contributed by atoms with Crippen LogP contribution in [0.3, 0.4) is 0 Å². The van der Waals surface area contributed by atoms with Gasteiger partial charge in [0, 0.05) is 70.7 Å². The van der Waals surface area contributed by atoms with Gasteiger partial charge < -0.3 is 30.3 Å². The van der Waals surface area contributed by atoms with Crippen molar-refractivity contribution in [2.45, 2.75) is 0 Å². The Morgan fingerprint density at radius 3 is 2.07 bits per heavy atom. The fraction of sp³-hybridized carbons (Fsp3) is 0.500. The summed E-state index contributed by atoms with van der Waals surface area (Å²) in [6.07, 6.45) is 1.60. The number of piperazine rings is 2. The molecule has 2 aliphatic rings. The Morgan fingerprint density at radius 1 is 0.897 bits per heavy atom. The predicted molar refractivity (Wildman–Crippen MR) is 117 cm³/mol. The van der Waals surface area contributed by atoms with Crippen molar-refractivity contribution >= 4 is 17.4 Å². The summed E-state index contributed by atoms with van der Waals surface area (Å²) in [5.41, 5.74) is 0. The van der Waals surface area contributed by atoms with Crippen molar-refractivity contribution in [2.75, 3.05) is 71.5 Å². The van der Waals surface area contributed by atoms with E-state index in [1.54, 1.807) is 32.5 Å². The van der Waals surface area contributed by atoms with Crippen LogP contribution in [-0.4, -0.2) is 76.5 Å². The summed E-state index contributed by atoms with van der Waals surface area (Å²) in [5, 5.41) is 10.2. The van der Waals surface area contributed by atoms with Crippen molar-refractivity contribution in [2.24, 2.45) is 0 Å². The highest BCUT2D eigenvalue weighted by Crippen LogP contribution is 2.15. The highest BCUT2D eigenvalue weighted by Gasteiger charge is 2.11. The van der Waals surface area contributed by atoms with Crippen LogP contribution < -0.4 is 30.3 Å². The Labute approximate surface area is 178 Å². The van der Waals surface area contributed by atoms with Gasteiger partial charge in [-0.05, 0) is 12.1 Å². The second kappa shape index (κ2) is 13.9. The first-order valence-electron chi connectivity index (χ1n) is 9.76. The fourth-order valence-corrected chi connectivity index (χ4v) is 2.87. The van der Waals surface area contributed by atoms with Gasteiger partial charge in [-0.25, -0.2) is 4.98 Å². The average Bonchev–Trinajstić information content (AvgIpc) is 2.81. The van der Waals surface area contributed by atoms with Crippen LogP contribution in [0.5, 0.6) is 11.6 Å². The number of hydrogen-bond acceptors (Lipinski definition) is 8. The van der Waals surface area contributed by atoms with Crippen molar-refractivity contribution in [1.29, 1.82) is 0 Å². The molecule has 0 unspecified atom stereocenters. The second-order valence-corrected chi connectivity index (χ2v) is 6.68. The topological polar surface area (TPSA) is 83.6 Å². The maximum atomic E-state index is 5.53. The Kier molecular flexibility index (Phi) is 11.1. The number of anilines is 1. The first kappa shape index (κ1) is 23.2. The molecule has 0 amide bonds. The molecule has 160 valence electrons. The predicted octanol–water partition coefficient (Wildman–Crippen LogP) is 1.42. The van der Waals surface area contributed by atoms with E-state index in [-0.39, 0.29) is 0 Å². The summed E-state index contributed by atoms with van der Waals surface area (Å²) in [7, 11) is 3.23. The van der Waals surface area contributed by atoms with Crippen LogP contribution in [0.25, 0.3) is 0 Å². The number of nitrogens with one attached hydrogen (secondary N) is 3. The first-order valence-corrected chi connectivity index (χ1v) is 10.1. The molecule has 2 aliphatic heterocycles. The summed E-state index contributed by atoms with van der Waals surface area (Å²) in [5.74, 6) is 2.42. The van der Waals surface area contributed by atoms with E-state index in [2.05, 4.69) is 30.8 Å². The third-order valence-electron chi connectivity index (χ3n) is 4.25. The van der Waals surface area contributed by atoms with E-state index in [1.165, 1.54) is 0 Å². The second-order valence-electron chi connectivity index (χ2n) is 6.29. The van der Waals surface area contributed by atoms with E-state index in [9.17, 15) is 0 Å². The summed E-state index contributed by atoms with van der Waals surface area (Å²) >= 11 is 5.53. The fourth-order valence-electron chi connectivity index (χ4n) is 2.70. The molecule has 0 aromatic carbocycles. The average molecular weight is 423 g/mol. The molecule has 9 heteroatoms. The minimum Gasteiger partial charge on any atom is -0.497 e. The van der Waals surface area contributed by atoms with Gasteiger partial charge in [-0.3, -0.25) is 0 Å². The van der Waals surface area contributed by atoms with Gasteiger partial charge in [-0.1, -0.05) is 17.7 Å². The molecule has 0 atom stereocenters. The first-order chi connectivity index (χ1) is 14.2. The minimum absolute atomic E-state index is 0.453. The largest absolute Gasteiger partial charge is 0.497 e. The Bertz CT molecular complexity index is 685. The van der Waals surface area contributed by atoms with Crippen LogP contribution in [0.4, 0.5) is 5.82 Å². The molecular formula is C20H31ClN6O2. The highest BCUT2D eigenvalue weighted by atomic mass is 35.5. The van der Waals surface area contributed by atoms with Gasteiger partial charge in [-0.2, -0.15) is 4.98 Å². The van der Waals surface area contributed by atoms with Crippen molar-refractivity contribution in [3.05, 3.63) is 41.7 Å². The Morgan fingerprint density at radius 2 is 1.55 bits per heavy atom. The maximum absolute atomic E-state index is 5.53. The monoisotopic (exact) mass is 422 g/mol. The standard InChI is InChI=1S/C10H15N3O.C6H6ClNO.C4H10N2/c1-14-10-4-2-3-9(12-10)13-7-5-11-6-8-13;1-9-5-2-3-8-6(7)4-5;1-2-6-4-3-5-1/h2-4,11H,5-8H2,1H3;2-4H,1H3;5-6H,1-4H2. The summed E-state index contributed by atoms with van der Waals surface area (Å²) in [4.78, 5) is 10.4. The van der Waals surface area contributed by atoms with Crippen LogP contribution in [0.15, 0.2) is 36.5 Å². The lowest BCUT2D eigenvalue weighted by molar-refractivity contribution is 0.397. The van der Waals surface area contributed by atoms with E-state index in [1.807, 2.05) is 18.2 Å². The molecule has 0 radical (unpaired) electrons. The summed E-state index contributed by atoms with van der Waals surface area (Å²) < 4.78 is 9.96. The van der Waals surface area contributed by atoms with Gasteiger partial charge in [0.2, 0.25) is 5.88 Å². The lowest BCUT2D eigenvalue weighted by atomic mass is 10.3. The number of aromatic nitrogens is 2. The minimum atomic E-state index is 0.453. The van der Waals surface area contributed by atoms with Crippen molar-refractivity contribution < 1.29 is 9.47 Å². The highest BCUT2D eigenvalue weighted by molar-refractivity contribution is 6.29. The van der Waals surface area contributed by atoms with Gasteiger partial charge >= 0.3 is 0 Å². The molecule has 0 saturated carbocycles. The van der Waals surface area contributed by atoms with E-state index in [0.717, 1.165) is 63.9 Å². The van der Waals surface area contributed by atoms with Crippen molar-refractivity contribution in [1.82, 2.24) is 25.9 Å². The van der Waals surface area contributed by atoms with Crippen LogP contribution in [0.1, 0.15) is 0 Å². The molecule has 0 bridgehead atoms. The van der Waals surface area contributed by atoms with Gasteiger partial charge in [-0.15, -0.1) is 0 Å². The lowest BCUT2D eigenvalue weighted by Crippen LogP contribution is -2.43. The Hall–Kier alpha value is -2.13. The molecular weight excluding hydrogens is 392 g/mol. The number of hydrogen-bond donors (Lipinski definition) is 3. The van der Waals surface area contributed by atoms with E-state index in [4.69, 9.17) is 21.1 Å². The molecule has 4 rings (SSSR count). The normalized spacial score (nSPS) is 15.9. The summed E-state index contributed by atoms with van der Waals surface area (Å²) in [6.45, 7) is 8.64. The number of methoxy groups -OCH3 is 2. The van der Waals surface area contributed by atoms with Crippen LogP contribution in [0.2, 0.25) is 5.15 Å². The number of halogens is 1. The van der Waals surface area contributed by atoms with Gasteiger partial charge in [0.05, 0.1) is 14.2 Å². The van der Waals surface area contributed by atoms with Gasteiger partial charge in [0.1, 0.15) is 16.7 Å². The molecule has 2 saturated heterocycles. The maximum Gasteiger partial charge on any atom is 0.214 e. The molecule has 8 nitrogen and oxygen atoms in total. The molecule has 3 N–H and O–H groups in total. The van der Waals surface area contributed by atoms with Crippen LogP contribution >= 0.6 is 11.6 Å².